The van der Waals surface area contributed by atoms with Gasteiger partial charge in [-0.05, 0) is 19.1 Å². The largest absolute Gasteiger partial charge is 0.352 e. The number of amides is 2. The molecule has 1 heterocycles. The molecule has 1 atom stereocenters. The van der Waals surface area contributed by atoms with E-state index in [0.717, 1.165) is 31.9 Å². The van der Waals surface area contributed by atoms with Crippen LogP contribution < -0.4 is 10.2 Å². The zero-order valence-electron chi connectivity index (χ0n) is 16.5. The lowest BCUT2D eigenvalue weighted by Gasteiger charge is -2.38. The van der Waals surface area contributed by atoms with Crippen molar-refractivity contribution in [1.29, 1.82) is 5.26 Å². The highest BCUT2D eigenvalue weighted by Gasteiger charge is 2.29. The van der Waals surface area contributed by atoms with Crippen LogP contribution >= 0.6 is 0 Å². The quantitative estimate of drug-likeness (QED) is 0.649. The summed E-state index contributed by atoms with van der Waals surface area (Å²) in [4.78, 5) is 30.9. The molecular weight excluding hydrogens is 354 g/mol. The van der Waals surface area contributed by atoms with Gasteiger partial charge in [0.1, 0.15) is 0 Å². The predicted octanol–water partition coefficient (Wildman–Crippen LogP) is 1.24. The van der Waals surface area contributed by atoms with Gasteiger partial charge in [-0.3, -0.25) is 19.4 Å². The van der Waals surface area contributed by atoms with E-state index in [0.29, 0.717) is 26.1 Å². The summed E-state index contributed by atoms with van der Waals surface area (Å²) in [5.41, 5.74) is 0.812. The number of nitrogens with zero attached hydrogens (tertiary/aromatic N) is 4. The molecule has 0 radical (unpaired) electrons. The molecule has 2 amide bonds. The molecule has 1 aromatic rings. The van der Waals surface area contributed by atoms with Crippen LogP contribution in [0.5, 0.6) is 0 Å². The first-order chi connectivity index (χ1) is 13.6. The smallest absolute Gasteiger partial charge is 0.244 e. The van der Waals surface area contributed by atoms with E-state index < -0.39 is 0 Å². The van der Waals surface area contributed by atoms with Gasteiger partial charge in [0.25, 0.3) is 0 Å². The van der Waals surface area contributed by atoms with Crippen molar-refractivity contribution in [3.05, 3.63) is 43.0 Å². The third-order valence-corrected chi connectivity index (χ3v) is 4.90. The Bertz CT molecular complexity index is 692. The maximum atomic E-state index is 13.1. The van der Waals surface area contributed by atoms with Crippen molar-refractivity contribution in [2.24, 2.45) is 0 Å². The maximum absolute atomic E-state index is 13.1. The van der Waals surface area contributed by atoms with Gasteiger partial charge in [0.15, 0.2) is 0 Å². The summed E-state index contributed by atoms with van der Waals surface area (Å²) in [7, 11) is 0. The van der Waals surface area contributed by atoms with Crippen LogP contribution in [0.2, 0.25) is 0 Å². The van der Waals surface area contributed by atoms with Crippen LogP contribution in [0.15, 0.2) is 43.0 Å². The van der Waals surface area contributed by atoms with E-state index in [4.69, 9.17) is 5.26 Å². The number of para-hydroxylation sites is 1. The minimum Gasteiger partial charge on any atom is -0.352 e. The van der Waals surface area contributed by atoms with Crippen LogP contribution in [-0.2, 0) is 9.59 Å². The van der Waals surface area contributed by atoms with Crippen molar-refractivity contribution in [2.45, 2.75) is 19.4 Å². The normalized spacial score (nSPS) is 16.0. The zero-order valence-corrected chi connectivity index (χ0v) is 16.5. The number of nitrogens with one attached hydrogen (secondary N) is 1. The van der Waals surface area contributed by atoms with Gasteiger partial charge >= 0.3 is 0 Å². The van der Waals surface area contributed by atoms with Crippen molar-refractivity contribution in [3.8, 4) is 6.07 Å². The predicted molar refractivity (Wildman–Crippen MR) is 110 cm³/mol. The van der Waals surface area contributed by atoms with Crippen molar-refractivity contribution in [1.82, 2.24) is 15.1 Å². The number of rotatable bonds is 9. The summed E-state index contributed by atoms with van der Waals surface area (Å²) in [6.07, 6.45) is 1.95. The van der Waals surface area contributed by atoms with Crippen LogP contribution in [-0.4, -0.2) is 73.5 Å². The van der Waals surface area contributed by atoms with E-state index in [1.165, 1.54) is 0 Å². The van der Waals surface area contributed by atoms with E-state index in [1.807, 2.05) is 37.3 Å². The fourth-order valence-electron chi connectivity index (χ4n) is 3.27. The average molecular weight is 383 g/mol. The molecule has 1 aromatic carbocycles. The highest BCUT2D eigenvalue weighted by molar-refractivity contribution is 5.97. The molecule has 1 aliphatic heterocycles. The Hall–Kier alpha value is -2.69. The lowest BCUT2D eigenvalue weighted by molar-refractivity contribution is -0.126. The molecule has 2 rings (SSSR count). The molecule has 28 heavy (non-hydrogen) atoms. The number of hydrogen-bond acceptors (Lipinski definition) is 5. The van der Waals surface area contributed by atoms with Crippen LogP contribution in [0.25, 0.3) is 0 Å². The summed E-state index contributed by atoms with van der Waals surface area (Å²) in [6.45, 7) is 9.65. The third-order valence-electron chi connectivity index (χ3n) is 4.90. The fourth-order valence-corrected chi connectivity index (χ4v) is 3.27. The molecular formula is C21H29N5O2. The molecule has 1 aliphatic rings. The lowest BCUT2D eigenvalue weighted by atomic mass is 10.1. The Morgan fingerprint density at radius 1 is 1.29 bits per heavy atom. The third kappa shape index (κ3) is 6.19. The highest BCUT2D eigenvalue weighted by Crippen LogP contribution is 2.17. The zero-order chi connectivity index (χ0) is 20.4. The van der Waals surface area contributed by atoms with Crippen molar-refractivity contribution in [2.75, 3.05) is 50.7 Å². The van der Waals surface area contributed by atoms with Crippen LogP contribution in [0.3, 0.4) is 0 Å². The van der Waals surface area contributed by atoms with Gasteiger partial charge < -0.3 is 10.2 Å². The molecule has 0 spiro atoms. The van der Waals surface area contributed by atoms with Crippen LogP contribution in [0.4, 0.5) is 5.69 Å². The molecule has 0 aliphatic carbocycles. The average Bonchev–Trinajstić information content (AvgIpc) is 2.73. The fraction of sp³-hybridized carbons (Fsp3) is 0.476. The minimum absolute atomic E-state index is 0.00127. The SMILES string of the molecule is C=CCNC(=O)CN1CCN(C(C)C(=O)N(CCC#N)c2ccccc2)CC1. The second-order valence-corrected chi connectivity index (χ2v) is 6.81. The number of piperazine rings is 1. The first kappa shape index (κ1) is 21.6. The molecule has 7 nitrogen and oxygen atoms in total. The Labute approximate surface area is 167 Å². The molecule has 0 aromatic heterocycles. The first-order valence-corrected chi connectivity index (χ1v) is 9.64. The van der Waals surface area contributed by atoms with Gasteiger partial charge in [0.2, 0.25) is 11.8 Å². The Kier molecular flexibility index (Phi) is 8.66. The van der Waals surface area contributed by atoms with E-state index in [9.17, 15) is 9.59 Å². The first-order valence-electron chi connectivity index (χ1n) is 9.64. The number of anilines is 1. The Morgan fingerprint density at radius 3 is 2.57 bits per heavy atom. The molecule has 1 N–H and O–H groups in total. The second kappa shape index (κ2) is 11.2. The number of carbonyl (C=O) groups is 2. The number of carbonyl (C=O) groups excluding carboxylic acids is 2. The van der Waals surface area contributed by atoms with Gasteiger partial charge in [-0.2, -0.15) is 5.26 Å². The second-order valence-electron chi connectivity index (χ2n) is 6.81. The van der Waals surface area contributed by atoms with Gasteiger partial charge in [-0.1, -0.05) is 24.3 Å². The Morgan fingerprint density at radius 2 is 1.96 bits per heavy atom. The van der Waals surface area contributed by atoms with Crippen molar-refractivity contribution >= 4 is 17.5 Å². The number of benzene rings is 1. The molecule has 0 saturated carbocycles. The minimum atomic E-state index is -0.282. The van der Waals surface area contributed by atoms with Gasteiger partial charge in [-0.25, -0.2) is 0 Å². The van der Waals surface area contributed by atoms with Crippen molar-refractivity contribution < 1.29 is 9.59 Å². The standard InChI is InChI=1S/C21H29N5O2/c1-3-11-23-20(27)17-24-13-15-25(16-14-24)18(2)21(28)26(12-7-10-22)19-8-5-4-6-9-19/h3-6,8-9,18H,1,7,11-17H2,2H3,(H,23,27). The van der Waals surface area contributed by atoms with E-state index >= 15 is 0 Å². The molecule has 1 fully saturated rings. The van der Waals surface area contributed by atoms with E-state index in [-0.39, 0.29) is 17.9 Å². The van der Waals surface area contributed by atoms with Crippen LogP contribution in [0, 0.1) is 11.3 Å². The topological polar surface area (TPSA) is 79.7 Å². The number of hydrogen-bond donors (Lipinski definition) is 1. The highest BCUT2D eigenvalue weighted by atomic mass is 16.2. The van der Waals surface area contributed by atoms with Crippen LogP contribution in [0.1, 0.15) is 13.3 Å². The van der Waals surface area contributed by atoms with Crippen molar-refractivity contribution in [3.63, 3.8) is 0 Å². The lowest BCUT2D eigenvalue weighted by Crippen LogP contribution is -2.55. The molecule has 1 unspecified atom stereocenters. The van der Waals surface area contributed by atoms with Gasteiger partial charge in [0, 0.05) is 45.0 Å². The summed E-state index contributed by atoms with van der Waals surface area (Å²) in [5.74, 6) is -0.0112. The monoisotopic (exact) mass is 383 g/mol. The molecule has 0 bridgehead atoms. The summed E-state index contributed by atoms with van der Waals surface area (Å²) in [5, 5.41) is 11.7. The van der Waals surface area contributed by atoms with Gasteiger partial charge in [-0.15, -0.1) is 6.58 Å². The van der Waals surface area contributed by atoms with E-state index in [2.05, 4.69) is 27.8 Å². The molecule has 1 saturated heterocycles. The Balaban J connectivity index is 1.92. The summed E-state index contributed by atoms with van der Waals surface area (Å²) >= 11 is 0. The molecule has 150 valence electrons. The summed E-state index contributed by atoms with van der Waals surface area (Å²) in [6, 6.07) is 11.3. The molecule has 7 heteroatoms. The maximum Gasteiger partial charge on any atom is 0.244 e. The van der Waals surface area contributed by atoms with Gasteiger partial charge in [0.05, 0.1) is 25.1 Å². The van der Waals surface area contributed by atoms with E-state index in [1.54, 1.807) is 11.0 Å². The summed E-state index contributed by atoms with van der Waals surface area (Å²) < 4.78 is 0. The number of nitriles is 1.